The number of ether oxygens (including phenoxy) is 2. The fourth-order valence-electron chi connectivity index (χ4n) is 8.38. The number of hydrogen-bond donors (Lipinski definition) is 14. The van der Waals surface area contributed by atoms with Crippen LogP contribution in [0.15, 0.2) is 144 Å². The molecule has 0 aliphatic rings. The second-order valence-electron chi connectivity index (χ2n) is 32.3. The van der Waals surface area contributed by atoms with Crippen molar-refractivity contribution in [2.24, 2.45) is 20.7 Å². The molecule has 0 aliphatic carbocycles. The van der Waals surface area contributed by atoms with Gasteiger partial charge in [-0.2, -0.15) is 17.6 Å². The van der Waals surface area contributed by atoms with E-state index in [-0.39, 0.29) is 210 Å². The number of hydrogen-bond acceptors (Lipinski definition) is 22. The molecule has 7 aromatic rings. The first kappa shape index (κ1) is 158. The molecule has 0 saturated carbocycles. The van der Waals surface area contributed by atoms with Gasteiger partial charge >= 0.3 is 64.8 Å². The number of aliphatic hydroxyl groups is 4. The molecule has 7 rings (SSSR count). The molecule has 0 radical (unpaired) electrons. The fraction of sp³-hybridized carbons (Fsp3) is 0.485. The summed E-state index contributed by atoms with van der Waals surface area (Å²) in [6.45, 7) is 47.6. The number of alkyl halides is 3. The molecular weight excluding hydrogens is 1920 g/mol. The molecule has 752 valence electrons. The molecule has 0 heterocycles. The predicted octanol–water partition coefficient (Wildman–Crippen LogP) is 13.3. The van der Waals surface area contributed by atoms with E-state index >= 15 is 0 Å². The number of aliphatic hydroxyl groups excluding tert-OH is 4. The van der Waals surface area contributed by atoms with Crippen LogP contribution in [0, 0.1) is 47.5 Å². The first-order valence-electron chi connectivity index (χ1n) is 40.2. The molecular formula is C97H157BrClF3MgN3NaO22S3Ti. The van der Waals surface area contributed by atoms with E-state index in [4.69, 9.17) is 60.9 Å². The van der Waals surface area contributed by atoms with Gasteiger partial charge < -0.3 is 111 Å². The van der Waals surface area contributed by atoms with Gasteiger partial charge in [0.15, 0.2) is 28.8 Å². The Bertz CT molecular complexity index is 4350. The number of Topliss-reactive ketones (excluding diaryl/α,β-unsaturated/α-hetero) is 1. The minimum absolute atomic E-state index is 0. The SMILES string of the molecule is C.CC(=O)/C=C/c1ccc(O)c(C)c1.CC(=O)CCc1ccc(O)c(C)c1.CC(C)(C)[S@@](N)=O.CC(CCc1ccc(O)c(C)c1)=N[S@](=O)C(C)(C)C.CCO.CCO.CCO.CCO.COc1cc(CCC(C)(C)CS(=O)C(C)(C)C)ccc1O.COc1cc(CCC(C)(C)N)ccc1O.Cc1cc(C=O)ccc1O.Cc1ccccc1O.Cl.O=C(O)C(F)(F)F.[Br-].[CH3-].[Mg+2].[Na+].[OH-].[Ti]. The normalized spacial score (nSPS) is 10.8. The first-order valence-corrected chi connectivity index (χ1v) is 43.9. The van der Waals surface area contributed by atoms with E-state index in [2.05, 4.69) is 18.2 Å². The molecule has 3 atom stereocenters. The number of methoxy groups -OCH3 is 2. The number of allylic oxidation sites excluding steroid dienone is 1. The van der Waals surface area contributed by atoms with E-state index in [0.29, 0.717) is 46.5 Å². The number of carboxylic acids is 1. The van der Waals surface area contributed by atoms with E-state index in [1.54, 1.807) is 116 Å². The number of nitrogens with zero attached hydrogens (tertiary/aromatic N) is 1. The van der Waals surface area contributed by atoms with Crippen molar-refractivity contribution in [1.29, 1.82) is 0 Å². The molecule has 0 aliphatic heterocycles. The van der Waals surface area contributed by atoms with Crippen molar-refractivity contribution in [3.05, 3.63) is 208 Å². The van der Waals surface area contributed by atoms with Crippen LogP contribution < -0.4 is 66.9 Å². The Morgan fingerprint density at radius 1 is 0.489 bits per heavy atom. The minimum Gasteiger partial charge on any atom is -1.00 e. The van der Waals surface area contributed by atoms with Gasteiger partial charge in [0, 0.05) is 92.7 Å². The molecule has 133 heavy (non-hydrogen) atoms. The summed E-state index contributed by atoms with van der Waals surface area (Å²) in [5, 5.41) is 107. The number of benzene rings is 7. The quantitative estimate of drug-likeness (QED) is 0.0111. The number of nitrogens with two attached hydrogens (primary N) is 2. The molecule has 0 amide bonds. The number of para-hydroxylation sites is 1. The van der Waals surface area contributed by atoms with Gasteiger partial charge in [-0.05, 0) is 344 Å². The smallest absolute Gasteiger partial charge is 1.00 e. The molecule has 17 N–H and O–H groups in total. The van der Waals surface area contributed by atoms with Crippen LogP contribution in [0.5, 0.6) is 51.7 Å². The van der Waals surface area contributed by atoms with Gasteiger partial charge in [-0.25, -0.2) is 13.2 Å². The number of carbonyl (C=O) groups excluding carboxylic acids is 3. The largest absolute Gasteiger partial charge is 2.00 e. The molecule has 25 nitrogen and oxygen atoms in total. The van der Waals surface area contributed by atoms with Crippen LogP contribution in [-0.4, -0.2) is 204 Å². The standard InChI is InChI=1S/C17H28O3S.C15H23NO2S.C12H19NO2.C11H14O2.C11H12O2.C8H8O2.C7H8O.C4H11NOS.C2HF3O2.4C2H6O.CH4.CH3.BrH.ClH.Mg.Na.H2O.Ti/c1-16(2,3)21(19)12-17(4,5)10-9-13-7-8-14(18)15(11-13)20-6;1-11-10-13(8-9-14(11)17)7-6-12(2)16-19(18)15(3,4)5;1-12(2,13)7-6-9-4-5-10(14)11(8-9)15-3;2*1-8-7-10(4-3-9(2)12)5-6-11(8)13;1-6-4-7(5-9)2-3-8(6)10;1-6-4-2-3-5-7(6)8;1-4(2,3)7(5)6;3-2(4,5)1(6)7;4*1-2-3;;;;;;;;/h7-8,11,18H,9-10,12H2,1-6H3;8-10,17H,6-7H2,1-5H3;4-5,8,14H,6-7,13H2,1-3H3;5-7,13H,3-4H2,1-2H3;3-7,13H,1-2H3;2-5,10H,1H3;2-5,8H,1H3;5H2,1-3H3;(H,6,7);4*3H,2H2,1H3;1H4;1H3;2*1H;;;1H2;/q;;;;;;;;;;;;;;-1;;;+2;+1;;/p-2/b;;;;4-3+;;;;;;;;;;;;;;;;/t;19-;;;;;;7-;;;;;;;;;;;;;/m.1.....0............./s1. The Labute approximate surface area is 870 Å². The number of aromatic hydroxyl groups is 7. The van der Waals surface area contributed by atoms with Crippen LogP contribution >= 0.6 is 12.4 Å². The van der Waals surface area contributed by atoms with Crippen LogP contribution in [0.4, 0.5) is 13.2 Å². The topological polar surface area (TPSA) is 475 Å². The molecule has 0 fully saturated rings. The van der Waals surface area contributed by atoms with Gasteiger partial charge in [-0.15, -0.1) is 12.4 Å². The number of aryl methyl sites for hydroxylation is 9. The van der Waals surface area contributed by atoms with Gasteiger partial charge in [-0.3, -0.25) is 18.9 Å². The fourth-order valence-corrected chi connectivity index (χ4v) is 10.3. The number of aldehydes is 1. The van der Waals surface area contributed by atoms with E-state index in [9.17, 15) is 65.7 Å². The second kappa shape index (κ2) is 85.1. The molecule has 1 unspecified atom stereocenters. The van der Waals surface area contributed by atoms with Crippen LogP contribution in [0.2, 0.25) is 0 Å². The zero-order valence-corrected chi connectivity index (χ0v) is 92.9. The van der Waals surface area contributed by atoms with Gasteiger partial charge in [0.05, 0.1) is 34.7 Å². The Kier molecular flexibility index (Phi) is 101. The summed E-state index contributed by atoms with van der Waals surface area (Å²) >= 11 is 0. The summed E-state index contributed by atoms with van der Waals surface area (Å²) < 4.78 is 79.9. The molecule has 36 heteroatoms. The Morgan fingerprint density at radius 2 is 0.789 bits per heavy atom. The number of phenols is 7. The monoisotopic (exact) mass is 2080 g/mol. The maximum atomic E-state index is 12.3. The molecule has 0 bridgehead atoms. The van der Waals surface area contributed by atoms with E-state index < -0.39 is 44.9 Å². The van der Waals surface area contributed by atoms with Crippen molar-refractivity contribution in [3.8, 4) is 51.7 Å². The predicted molar refractivity (Wildman–Crippen MR) is 533 cm³/mol. The van der Waals surface area contributed by atoms with E-state index in [0.717, 1.165) is 113 Å². The van der Waals surface area contributed by atoms with Gasteiger partial charge in [0.2, 0.25) is 0 Å². The van der Waals surface area contributed by atoms with Crippen molar-refractivity contribution in [2.45, 2.75) is 258 Å². The molecule has 0 spiro atoms. The third-order valence-corrected chi connectivity index (χ3v) is 20.9. The number of phenolic OH excluding ortho intramolecular Hbond substituents is 7. The Morgan fingerprint density at radius 3 is 1.06 bits per heavy atom. The molecule has 0 aromatic heterocycles. The third kappa shape index (κ3) is 87.1. The second-order valence-corrected chi connectivity index (χ2v) is 38.2. The van der Waals surface area contributed by atoms with Gasteiger partial charge in [0.25, 0.3) is 0 Å². The summed E-state index contributed by atoms with van der Waals surface area (Å²) in [7, 11) is -0.109. The molecule has 0 saturated heterocycles. The molecule has 7 aromatic carbocycles. The van der Waals surface area contributed by atoms with E-state index in [1.165, 1.54) is 19.1 Å². The minimum atomic E-state index is -5.08. The summed E-state index contributed by atoms with van der Waals surface area (Å²) in [5.74, 6) is 1.02. The Hall–Kier alpha value is -6.16. The van der Waals surface area contributed by atoms with Crippen molar-refractivity contribution >= 4 is 104 Å². The van der Waals surface area contributed by atoms with Crippen LogP contribution in [0.25, 0.3) is 6.08 Å². The van der Waals surface area contributed by atoms with Crippen LogP contribution in [0.1, 0.15) is 238 Å². The summed E-state index contributed by atoms with van der Waals surface area (Å²) in [6, 6.07) is 39.1. The first-order chi connectivity index (χ1) is 57.4. The average molecular weight is 2080 g/mol. The van der Waals surface area contributed by atoms with Crippen molar-refractivity contribution in [3.63, 3.8) is 0 Å². The zero-order valence-electron chi connectivity index (χ0n) is 83.1. The van der Waals surface area contributed by atoms with Crippen LogP contribution in [-0.2, 0) is 94.6 Å². The van der Waals surface area contributed by atoms with Crippen molar-refractivity contribution in [1.82, 2.24) is 0 Å². The number of halogens is 5. The number of ketones is 2. The van der Waals surface area contributed by atoms with Gasteiger partial charge in [0.1, 0.15) is 51.8 Å². The maximum Gasteiger partial charge on any atom is 2.00 e. The van der Waals surface area contributed by atoms with E-state index in [1.807, 2.05) is 184 Å². The van der Waals surface area contributed by atoms with Crippen molar-refractivity contribution in [2.75, 3.05) is 46.4 Å². The Balaban J connectivity index is -0.0000000992. The summed E-state index contributed by atoms with van der Waals surface area (Å²) in [5.41, 5.74) is 16.9. The van der Waals surface area contributed by atoms with Crippen molar-refractivity contribution < 1.29 is 189 Å². The zero-order chi connectivity index (χ0) is 98.6. The summed E-state index contributed by atoms with van der Waals surface area (Å²) in [4.78, 5) is 40.4. The number of rotatable bonds is 20. The number of carboxylic acid groups (broad SMARTS) is 1. The van der Waals surface area contributed by atoms with Crippen LogP contribution in [0.3, 0.4) is 0 Å². The third-order valence-electron chi connectivity index (χ3n) is 15.7. The number of carbonyl (C=O) groups is 4. The number of aliphatic carboxylic acids is 1. The van der Waals surface area contributed by atoms with Gasteiger partial charge in [-0.1, -0.05) is 88.0 Å². The maximum absolute atomic E-state index is 12.3. The average Bonchev–Trinajstić information content (AvgIpc) is 0.837. The summed E-state index contributed by atoms with van der Waals surface area (Å²) in [6.07, 6.45) is 5.49.